The van der Waals surface area contributed by atoms with Crippen molar-refractivity contribution in [1.82, 2.24) is 14.8 Å². The third kappa shape index (κ3) is 5.51. The number of anilines is 1. The first-order chi connectivity index (χ1) is 14.5. The molecule has 1 amide bonds. The van der Waals surface area contributed by atoms with Crippen LogP contribution < -0.4 is 10.1 Å². The molecular formula is C23H26N4O2S. The molecule has 0 bridgehead atoms. The van der Waals surface area contributed by atoms with Crippen LogP contribution in [0.3, 0.4) is 0 Å². The van der Waals surface area contributed by atoms with Gasteiger partial charge in [-0.25, -0.2) is 0 Å². The van der Waals surface area contributed by atoms with E-state index in [1.807, 2.05) is 67.8 Å². The maximum Gasteiger partial charge on any atom is 0.234 e. The van der Waals surface area contributed by atoms with Gasteiger partial charge in [-0.15, -0.1) is 16.8 Å². The maximum atomic E-state index is 12.3. The Labute approximate surface area is 181 Å². The van der Waals surface area contributed by atoms with Crippen LogP contribution in [0, 0.1) is 20.8 Å². The molecule has 0 unspecified atom stereocenters. The highest BCUT2D eigenvalue weighted by molar-refractivity contribution is 7.99. The van der Waals surface area contributed by atoms with E-state index in [1.165, 1.54) is 11.8 Å². The van der Waals surface area contributed by atoms with Gasteiger partial charge in [0.25, 0.3) is 0 Å². The van der Waals surface area contributed by atoms with Gasteiger partial charge in [0.15, 0.2) is 11.0 Å². The van der Waals surface area contributed by atoms with Crippen molar-refractivity contribution in [1.29, 1.82) is 0 Å². The van der Waals surface area contributed by atoms with E-state index in [9.17, 15) is 4.79 Å². The smallest absolute Gasteiger partial charge is 0.234 e. The molecular weight excluding hydrogens is 396 g/mol. The molecule has 0 aliphatic heterocycles. The van der Waals surface area contributed by atoms with Crippen molar-refractivity contribution in [3.05, 3.63) is 77.6 Å². The summed E-state index contributed by atoms with van der Waals surface area (Å²) in [6, 6.07) is 13.8. The molecule has 0 fully saturated rings. The number of amides is 1. The van der Waals surface area contributed by atoms with Crippen LogP contribution in [-0.2, 0) is 17.9 Å². The second-order valence-electron chi connectivity index (χ2n) is 7.01. The summed E-state index contributed by atoms with van der Waals surface area (Å²) in [7, 11) is 0. The van der Waals surface area contributed by atoms with E-state index < -0.39 is 0 Å². The largest absolute Gasteiger partial charge is 0.485 e. The average molecular weight is 423 g/mol. The van der Waals surface area contributed by atoms with Crippen LogP contribution in [0.1, 0.15) is 22.5 Å². The summed E-state index contributed by atoms with van der Waals surface area (Å²) in [5, 5.41) is 12.1. The second kappa shape index (κ2) is 10.1. The van der Waals surface area contributed by atoms with Gasteiger partial charge < -0.3 is 10.1 Å². The number of thioether (sulfide) groups is 1. The number of para-hydroxylation sites is 1. The number of nitrogens with zero attached hydrogens (tertiary/aromatic N) is 3. The fraction of sp³-hybridized carbons (Fsp3) is 0.261. The Morgan fingerprint density at radius 1 is 1.17 bits per heavy atom. The van der Waals surface area contributed by atoms with Gasteiger partial charge >= 0.3 is 0 Å². The van der Waals surface area contributed by atoms with Crippen LogP contribution >= 0.6 is 11.8 Å². The van der Waals surface area contributed by atoms with E-state index in [-0.39, 0.29) is 11.7 Å². The number of rotatable bonds is 9. The molecule has 1 heterocycles. The Morgan fingerprint density at radius 2 is 1.90 bits per heavy atom. The number of aromatic nitrogens is 3. The number of carbonyl (C=O) groups excluding carboxylic acids is 1. The molecule has 0 aliphatic rings. The zero-order chi connectivity index (χ0) is 21.5. The zero-order valence-corrected chi connectivity index (χ0v) is 18.3. The highest BCUT2D eigenvalue weighted by Crippen LogP contribution is 2.24. The van der Waals surface area contributed by atoms with E-state index >= 15 is 0 Å². The minimum Gasteiger partial charge on any atom is -0.485 e. The molecule has 0 saturated carbocycles. The average Bonchev–Trinajstić information content (AvgIpc) is 3.08. The van der Waals surface area contributed by atoms with Gasteiger partial charge in [-0.3, -0.25) is 9.36 Å². The van der Waals surface area contributed by atoms with Crippen LogP contribution in [0.5, 0.6) is 5.75 Å². The molecule has 0 atom stereocenters. The summed E-state index contributed by atoms with van der Waals surface area (Å²) < 4.78 is 7.95. The Kier molecular flexibility index (Phi) is 7.30. The highest BCUT2D eigenvalue weighted by Gasteiger charge is 2.15. The molecule has 7 heteroatoms. The SMILES string of the molecule is C=CCn1c(COc2c(C)cccc2C)nnc1SCC(=O)Nc1cccc(C)c1. The van der Waals surface area contributed by atoms with Crippen molar-refractivity contribution in [3.63, 3.8) is 0 Å². The predicted molar refractivity (Wildman–Crippen MR) is 121 cm³/mol. The zero-order valence-electron chi connectivity index (χ0n) is 17.5. The molecule has 1 aromatic heterocycles. The minimum absolute atomic E-state index is 0.0907. The Hall–Kier alpha value is -3.06. The Balaban J connectivity index is 1.65. The number of hydrogen-bond acceptors (Lipinski definition) is 5. The van der Waals surface area contributed by atoms with Crippen LogP contribution in [0.2, 0.25) is 0 Å². The van der Waals surface area contributed by atoms with Gasteiger partial charge in [0, 0.05) is 12.2 Å². The van der Waals surface area contributed by atoms with Crippen molar-refractivity contribution in [2.75, 3.05) is 11.1 Å². The Bertz CT molecular complexity index is 1030. The van der Waals surface area contributed by atoms with Gasteiger partial charge in [-0.1, -0.05) is 48.2 Å². The van der Waals surface area contributed by atoms with Gasteiger partial charge in [0.2, 0.25) is 5.91 Å². The molecule has 0 saturated heterocycles. The topological polar surface area (TPSA) is 69.0 Å². The normalized spacial score (nSPS) is 10.6. The van der Waals surface area contributed by atoms with E-state index in [0.717, 1.165) is 28.1 Å². The number of benzene rings is 2. The molecule has 6 nitrogen and oxygen atoms in total. The minimum atomic E-state index is -0.0907. The molecule has 3 rings (SSSR count). The van der Waals surface area contributed by atoms with E-state index in [2.05, 4.69) is 22.1 Å². The maximum absolute atomic E-state index is 12.3. The molecule has 0 spiro atoms. The van der Waals surface area contributed by atoms with Crippen molar-refractivity contribution < 1.29 is 9.53 Å². The number of nitrogens with one attached hydrogen (secondary N) is 1. The summed E-state index contributed by atoms with van der Waals surface area (Å²) in [6.45, 7) is 10.7. The lowest BCUT2D eigenvalue weighted by molar-refractivity contribution is -0.113. The van der Waals surface area contributed by atoms with E-state index in [1.54, 1.807) is 6.08 Å². The number of aryl methyl sites for hydroxylation is 3. The molecule has 3 aromatic rings. The second-order valence-corrected chi connectivity index (χ2v) is 7.96. The third-order valence-corrected chi connectivity index (χ3v) is 5.46. The first kappa shape index (κ1) is 21.6. The van der Waals surface area contributed by atoms with Crippen molar-refractivity contribution in [2.45, 2.75) is 39.1 Å². The first-order valence-electron chi connectivity index (χ1n) is 9.69. The van der Waals surface area contributed by atoms with Crippen LogP contribution in [0.4, 0.5) is 5.69 Å². The lowest BCUT2D eigenvalue weighted by Gasteiger charge is -2.12. The fourth-order valence-electron chi connectivity index (χ4n) is 3.06. The standard InChI is InChI=1S/C23H26N4O2S/c1-5-12-27-20(14-29-22-17(3)9-7-10-18(22)4)25-26-23(27)30-15-21(28)24-19-11-6-8-16(2)13-19/h5-11,13H,1,12,14-15H2,2-4H3,(H,24,28). The highest BCUT2D eigenvalue weighted by atomic mass is 32.2. The van der Waals surface area contributed by atoms with Crippen molar-refractivity contribution in [3.8, 4) is 5.75 Å². The van der Waals surface area contributed by atoms with Crippen LogP contribution in [-0.4, -0.2) is 26.4 Å². The monoisotopic (exact) mass is 422 g/mol. The van der Waals surface area contributed by atoms with Crippen molar-refractivity contribution >= 4 is 23.4 Å². The molecule has 156 valence electrons. The molecule has 0 radical (unpaired) electrons. The third-order valence-electron chi connectivity index (χ3n) is 4.49. The molecule has 30 heavy (non-hydrogen) atoms. The van der Waals surface area contributed by atoms with Gasteiger partial charge in [-0.2, -0.15) is 0 Å². The van der Waals surface area contributed by atoms with Gasteiger partial charge in [0.05, 0.1) is 5.75 Å². The lowest BCUT2D eigenvalue weighted by Crippen LogP contribution is -2.15. The van der Waals surface area contributed by atoms with E-state index in [0.29, 0.717) is 24.1 Å². The van der Waals surface area contributed by atoms with Crippen LogP contribution in [0.25, 0.3) is 0 Å². The molecule has 1 N–H and O–H groups in total. The summed E-state index contributed by atoms with van der Waals surface area (Å²) >= 11 is 1.34. The van der Waals surface area contributed by atoms with Gasteiger partial charge in [-0.05, 0) is 49.6 Å². The van der Waals surface area contributed by atoms with Crippen molar-refractivity contribution in [2.24, 2.45) is 0 Å². The fourth-order valence-corrected chi connectivity index (χ4v) is 3.83. The summed E-state index contributed by atoms with van der Waals surface area (Å²) in [5.41, 5.74) is 4.04. The molecule has 0 aliphatic carbocycles. The quantitative estimate of drug-likeness (QED) is 0.400. The summed E-state index contributed by atoms with van der Waals surface area (Å²) in [4.78, 5) is 12.3. The lowest BCUT2D eigenvalue weighted by atomic mass is 10.1. The molecule has 2 aromatic carbocycles. The first-order valence-corrected chi connectivity index (χ1v) is 10.7. The Morgan fingerprint density at radius 3 is 2.60 bits per heavy atom. The summed E-state index contributed by atoms with van der Waals surface area (Å²) in [5.74, 6) is 1.70. The predicted octanol–water partition coefficient (Wildman–Crippen LogP) is 4.70. The van der Waals surface area contributed by atoms with E-state index in [4.69, 9.17) is 4.74 Å². The summed E-state index contributed by atoms with van der Waals surface area (Å²) in [6.07, 6.45) is 1.78. The van der Waals surface area contributed by atoms with Crippen LogP contribution in [0.15, 0.2) is 60.3 Å². The number of allylic oxidation sites excluding steroid dienone is 1. The number of carbonyl (C=O) groups is 1. The number of ether oxygens (including phenoxy) is 1. The van der Waals surface area contributed by atoms with Gasteiger partial charge in [0.1, 0.15) is 12.4 Å². The number of hydrogen-bond donors (Lipinski definition) is 1.